The number of carbonyl (C=O) groups excluding carboxylic acids is 1. The van der Waals surface area contributed by atoms with Crippen LogP contribution in [0.2, 0.25) is 0 Å². The third-order valence-corrected chi connectivity index (χ3v) is 7.98. The summed E-state index contributed by atoms with van der Waals surface area (Å²) in [5.74, 6) is -2.08. The van der Waals surface area contributed by atoms with Crippen molar-refractivity contribution in [2.24, 2.45) is 0 Å². The van der Waals surface area contributed by atoms with E-state index < -0.39 is 42.1 Å². The molecule has 1 aromatic heterocycles. The molecule has 0 bridgehead atoms. The summed E-state index contributed by atoms with van der Waals surface area (Å²) in [6, 6.07) is 27.7. The molecule has 4 aromatic carbocycles. The van der Waals surface area contributed by atoms with E-state index in [-0.39, 0.29) is 18.2 Å². The van der Waals surface area contributed by atoms with Gasteiger partial charge in [-0.1, -0.05) is 66.7 Å². The average molecular weight is 681 g/mol. The molecular weight excluding hydrogens is 642 g/mol. The molecule has 0 aliphatic heterocycles. The summed E-state index contributed by atoms with van der Waals surface area (Å²) in [5, 5.41) is 32.9. The van der Waals surface area contributed by atoms with Crippen LogP contribution in [0, 0.1) is 11.6 Å². The zero-order chi connectivity index (χ0) is 35.8. The Morgan fingerprint density at radius 3 is 2.06 bits per heavy atom. The van der Waals surface area contributed by atoms with Crippen molar-refractivity contribution < 1.29 is 38.4 Å². The first-order valence-electron chi connectivity index (χ1n) is 16.1. The van der Waals surface area contributed by atoms with Crippen LogP contribution in [0.25, 0.3) is 28.3 Å². The van der Waals surface area contributed by atoms with Crippen molar-refractivity contribution in [2.45, 2.75) is 51.5 Å². The zero-order valence-electron chi connectivity index (χ0n) is 27.6. The number of hydrogen-bond donors (Lipinski definition) is 4. The molecule has 0 aliphatic carbocycles. The zero-order valence-corrected chi connectivity index (χ0v) is 27.6. The number of anilines is 1. The van der Waals surface area contributed by atoms with E-state index in [2.05, 4.69) is 5.32 Å². The molecule has 0 saturated heterocycles. The Morgan fingerprint density at radius 2 is 1.46 bits per heavy atom. The topological polar surface area (TPSA) is 121 Å². The van der Waals surface area contributed by atoms with Crippen molar-refractivity contribution in [3.05, 3.63) is 138 Å². The molecule has 0 spiro atoms. The maximum absolute atomic E-state index is 14.5. The van der Waals surface area contributed by atoms with Gasteiger partial charge < -0.3 is 29.9 Å². The molecule has 50 heavy (non-hydrogen) atoms. The maximum atomic E-state index is 14.5. The second-order valence-corrected chi connectivity index (χ2v) is 12.1. The van der Waals surface area contributed by atoms with Gasteiger partial charge in [-0.3, -0.25) is 9.59 Å². The predicted molar refractivity (Wildman–Crippen MR) is 189 cm³/mol. The van der Waals surface area contributed by atoms with Gasteiger partial charge in [0.1, 0.15) is 29.7 Å². The lowest BCUT2D eigenvalue weighted by Gasteiger charge is -2.18. The van der Waals surface area contributed by atoms with Crippen LogP contribution in [0.4, 0.5) is 14.5 Å². The number of carboxylic acid groups (broad SMARTS) is 1. The van der Waals surface area contributed by atoms with Crippen LogP contribution in [0.3, 0.4) is 0 Å². The normalized spacial score (nSPS) is 12.6. The van der Waals surface area contributed by atoms with Gasteiger partial charge >= 0.3 is 5.97 Å². The molecule has 8 nitrogen and oxygen atoms in total. The Bertz CT molecular complexity index is 1950. The van der Waals surface area contributed by atoms with Gasteiger partial charge in [0.2, 0.25) is 0 Å². The van der Waals surface area contributed by atoms with E-state index in [0.29, 0.717) is 46.0 Å². The summed E-state index contributed by atoms with van der Waals surface area (Å²) in [6.07, 6.45) is -0.284. The predicted octanol–water partition coefficient (Wildman–Crippen LogP) is 8.11. The van der Waals surface area contributed by atoms with Gasteiger partial charge in [-0.2, -0.15) is 0 Å². The number of rotatable bonds is 14. The molecule has 5 aromatic rings. The number of aliphatic carboxylic acids is 1. The monoisotopic (exact) mass is 680 g/mol. The number of hydrogen-bond acceptors (Lipinski definition) is 5. The number of aromatic nitrogens is 1. The van der Waals surface area contributed by atoms with Gasteiger partial charge in [-0.05, 0) is 73.0 Å². The van der Waals surface area contributed by atoms with E-state index in [1.165, 1.54) is 30.3 Å². The second kappa shape index (κ2) is 16.2. The van der Waals surface area contributed by atoms with Crippen molar-refractivity contribution in [3.8, 4) is 28.0 Å². The highest BCUT2D eigenvalue weighted by atomic mass is 19.1. The van der Waals surface area contributed by atoms with Crippen molar-refractivity contribution in [1.29, 1.82) is 0 Å². The molecule has 10 heteroatoms. The van der Waals surface area contributed by atoms with Gasteiger partial charge in [0, 0.05) is 41.0 Å². The molecule has 4 N–H and O–H groups in total. The SMILES string of the molecule is CC(C)n1c(C=C[C@@H](O)C[C@@H](O)CC(=O)O)c(-c2ccc(F)cc2)c(-c2ccc(F)cc2)c1C(=O)Nc1cccc(OCc2ccccc2)c1. The van der Waals surface area contributed by atoms with Crippen LogP contribution in [0.5, 0.6) is 5.75 Å². The van der Waals surface area contributed by atoms with E-state index >= 15 is 0 Å². The lowest BCUT2D eigenvalue weighted by atomic mass is 9.94. The van der Waals surface area contributed by atoms with Crippen LogP contribution in [-0.4, -0.2) is 44.0 Å². The number of amides is 1. The third-order valence-electron chi connectivity index (χ3n) is 7.98. The van der Waals surface area contributed by atoms with Crippen molar-refractivity contribution in [2.75, 3.05) is 5.32 Å². The summed E-state index contributed by atoms with van der Waals surface area (Å²) in [4.78, 5) is 25.5. The van der Waals surface area contributed by atoms with Crippen molar-refractivity contribution in [3.63, 3.8) is 0 Å². The Balaban J connectivity index is 1.63. The maximum Gasteiger partial charge on any atom is 0.305 e. The molecule has 1 amide bonds. The van der Waals surface area contributed by atoms with Gasteiger partial charge in [-0.25, -0.2) is 8.78 Å². The minimum absolute atomic E-state index is 0.224. The largest absolute Gasteiger partial charge is 0.489 e. The fourth-order valence-electron chi connectivity index (χ4n) is 5.78. The van der Waals surface area contributed by atoms with Gasteiger partial charge in [0.15, 0.2) is 0 Å². The molecule has 258 valence electrons. The molecule has 0 aliphatic rings. The number of nitrogens with one attached hydrogen (secondary N) is 1. The molecule has 1 heterocycles. The van der Waals surface area contributed by atoms with E-state index in [4.69, 9.17) is 9.84 Å². The number of carboxylic acids is 1. The molecule has 2 atom stereocenters. The van der Waals surface area contributed by atoms with Gasteiger partial charge in [0.25, 0.3) is 5.91 Å². The van der Waals surface area contributed by atoms with Crippen molar-refractivity contribution >= 4 is 23.6 Å². The minimum Gasteiger partial charge on any atom is -0.489 e. The van der Waals surface area contributed by atoms with Crippen LogP contribution in [-0.2, 0) is 11.4 Å². The van der Waals surface area contributed by atoms with Gasteiger partial charge in [-0.15, -0.1) is 0 Å². The second-order valence-electron chi connectivity index (χ2n) is 12.1. The fraction of sp³-hybridized carbons (Fsp3) is 0.200. The average Bonchev–Trinajstić information content (AvgIpc) is 3.43. The quantitative estimate of drug-likeness (QED) is 0.0941. The first-order valence-corrected chi connectivity index (χ1v) is 16.1. The standard InChI is InChI=1S/C40H38F2N2O6/c1-25(2)44-35(20-19-32(45)22-33(46)23-36(47)48)37(27-11-15-29(41)16-12-27)38(28-13-17-30(42)18-14-28)39(44)40(49)43-31-9-6-10-34(21-31)50-24-26-7-4-3-5-8-26/h3-21,25,32-33,45-46H,22-24H2,1-2H3,(H,43,49)(H,47,48)/t32-,33-/m1/s1. The number of ether oxygens (including phenoxy) is 1. The van der Waals surface area contributed by atoms with Gasteiger partial charge in [0.05, 0.1) is 18.6 Å². The van der Waals surface area contributed by atoms with E-state index in [0.717, 1.165) is 5.56 Å². The molecule has 0 radical (unpaired) electrons. The molecule has 0 fully saturated rings. The van der Waals surface area contributed by atoms with Crippen LogP contribution in [0.1, 0.15) is 54.5 Å². The summed E-state index contributed by atoms with van der Waals surface area (Å²) < 4.78 is 36.1. The van der Waals surface area contributed by atoms with E-state index in [9.17, 15) is 28.6 Å². The number of aliphatic hydroxyl groups excluding tert-OH is 2. The Hall–Kier alpha value is -5.58. The Labute approximate surface area is 288 Å². The molecular formula is C40H38F2N2O6. The third kappa shape index (κ3) is 8.90. The van der Waals surface area contributed by atoms with E-state index in [1.807, 2.05) is 44.2 Å². The number of aliphatic hydroxyl groups is 2. The van der Waals surface area contributed by atoms with Crippen molar-refractivity contribution in [1.82, 2.24) is 4.57 Å². The van der Waals surface area contributed by atoms with Crippen LogP contribution >= 0.6 is 0 Å². The highest BCUT2D eigenvalue weighted by Crippen LogP contribution is 2.43. The lowest BCUT2D eigenvalue weighted by Crippen LogP contribution is -2.20. The van der Waals surface area contributed by atoms with Crippen LogP contribution < -0.4 is 10.1 Å². The van der Waals surface area contributed by atoms with E-state index in [1.54, 1.807) is 59.2 Å². The van der Waals surface area contributed by atoms with Crippen LogP contribution in [0.15, 0.2) is 109 Å². The minimum atomic E-state index is -1.29. The summed E-state index contributed by atoms with van der Waals surface area (Å²) in [6.45, 7) is 4.09. The number of benzene rings is 4. The number of carbonyl (C=O) groups is 2. The first-order chi connectivity index (χ1) is 24.0. The summed E-state index contributed by atoms with van der Waals surface area (Å²) in [7, 11) is 0. The molecule has 0 saturated carbocycles. The highest BCUT2D eigenvalue weighted by molar-refractivity contribution is 6.12. The highest BCUT2D eigenvalue weighted by Gasteiger charge is 2.30. The molecule has 0 unspecified atom stereocenters. The smallest absolute Gasteiger partial charge is 0.305 e. The number of halogens is 2. The Kier molecular flexibility index (Phi) is 11.6. The first kappa shape index (κ1) is 35.7. The fourth-order valence-corrected chi connectivity index (χ4v) is 5.78. The Morgan fingerprint density at radius 1 is 0.840 bits per heavy atom. The summed E-state index contributed by atoms with van der Waals surface area (Å²) in [5.41, 5.74) is 4.17. The number of nitrogens with zero attached hydrogens (tertiary/aromatic N) is 1. The summed E-state index contributed by atoms with van der Waals surface area (Å²) >= 11 is 0. The lowest BCUT2D eigenvalue weighted by molar-refractivity contribution is -0.139. The molecule has 5 rings (SSSR count).